The summed E-state index contributed by atoms with van der Waals surface area (Å²) in [6.07, 6.45) is 1.27. The van der Waals surface area contributed by atoms with Crippen LogP contribution in [0.2, 0.25) is 0 Å². The third kappa shape index (κ3) is 2.69. The largest absolute Gasteiger partial charge is 0.397 e. The summed E-state index contributed by atoms with van der Waals surface area (Å²) in [5.41, 5.74) is 7.40. The number of nitrogen functional groups attached to an aromatic ring is 1. The minimum Gasteiger partial charge on any atom is -0.397 e. The molecule has 7 heteroatoms. The van der Waals surface area contributed by atoms with Gasteiger partial charge in [0.25, 0.3) is 5.91 Å². The summed E-state index contributed by atoms with van der Waals surface area (Å²) in [6.45, 7) is 2.32. The van der Waals surface area contributed by atoms with E-state index in [1.54, 1.807) is 0 Å². The van der Waals surface area contributed by atoms with Crippen molar-refractivity contribution in [3.05, 3.63) is 22.7 Å². The predicted octanol–water partition coefficient (Wildman–Crippen LogP) is 1.20. The summed E-state index contributed by atoms with van der Waals surface area (Å²) in [5.74, 6) is -0.176. The smallest absolute Gasteiger partial charge is 0.263 e. The number of thiophene rings is 1. The van der Waals surface area contributed by atoms with Gasteiger partial charge in [0.05, 0.1) is 5.69 Å². The molecule has 1 fully saturated rings. The molecule has 6 nitrogen and oxygen atoms in total. The lowest BCUT2D eigenvalue weighted by Gasteiger charge is -2.10. The number of fused-ring (bicyclic) bond motifs is 1. The van der Waals surface area contributed by atoms with E-state index < -0.39 is 0 Å². The zero-order valence-corrected chi connectivity index (χ0v) is 12.4. The van der Waals surface area contributed by atoms with Crippen LogP contribution < -0.4 is 16.4 Å². The number of carbonyl (C=O) groups excluding carboxylic acids is 2. The Morgan fingerprint density at radius 1 is 1.57 bits per heavy atom. The Balaban J connectivity index is 1.75. The van der Waals surface area contributed by atoms with Gasteiger partial charge in [-0.1, -0.05) is 0 Å². The second kappa shape index (κ2) is 5.33. The van der Waals surface area contributed by atoms with Crippen LogP contribution in [0.4, 0.5) is 5.69 Å². The van der Waals surface area contributed by atoms with Crippen LogP contribution in [-0.2, 0) is 4.79 Å². The van der Waals surface area contributed by atoms with E-state index >= 15 is 0 Å². The second-order valence-electron chi connectivity index (χ2n) is 5.16. The first-order valence-electron chi connectivity index (χ1n) is 6.78. The maximum absolute atomic E-state index is 12.2. The molecule has 2 amide bonds. The highest BCUT2D eigenvalue weighted by molar-refractivity contribution is 7.21. The van der Waals surface area contributed by atoms with E-state index in [1.165, 1.54) is 11.3 Å². The number of hydrogen-bond donors (Lipinski definition) is 3. The molecule has 0 saturated carbocycles. The van der Waals surface area contributed by atoms with Crippen LogP contribution in [0.25, 0.3) is 10.2 Å². The lowest BCUT2D eigenvalue weighted by Crippen LogP contribution is -2.38. The van der Waals surface area contributed by atoms with Crippen LogP contribution in [-0.4, -0.2) is 29.4 Å². The fourth-order valence-corrected chi connectivity index (χ4v) is 3.44. The average molecular weight is 304 g/mol. The van der Waals surface area contributed by atoms with Gasteiger partial charge in [-0.25, -0.2) is 4.98 Å². The topological polar surface area (TPSA) is 97.1 Å². The molecule has 0 aromatic carbocycles. The number of rotatable bonds is 3. The lowest BCUT2D eigenvalue weighted by molar-refractivity contribution is -0.119. The van der Waals surface area contributed by atoms with Crippen molar-refractivity contribution >= 4 is 39.1 Å². The van der Waals surface area contributed by atoms with E-state index in [9.17, 15) is 9.59 Å². The number of aromatic nitrogens is 1. The molecule has 3 rings (SSSR count). The number of aryl methyl sites for hydroxylation is 1. The zero-order valence-electron chi connectivity index (χ0n) is 11.6. The Morgan fingerprint density at radius 2 is 2.38 bits per heavy atom. The van der Waals surface area contributed by atoms with Gasteiger partial charge < -0.3 is 16.4 Å². The number of carbonyl (C=O) groups is 2. The third-order valence-corrected chi connectivity index (χ3v) is 4.65. The van der Waals surface area contributed by atoms with Gasteiger partial charge in [0.15, 0.2) is 0 Å². The standard InChI is InChI=1S/C14H16N4O2S/c1-7-2-4-9-11(15)12(21-14(9)17-7)13(20)16-6-8-3-5-10(19)18-8/h2,4,8H,3,5-6,15H2,1H3,(H,16,20)(H,18,19). The van der Waals surface area contributed by atoms with Crippen molar-refractivity contribution in [1.29, 1.82) is 0 Å². The molecule has 0 aliphatic carbocycles. The highest BCUT2D eigenvalue weighted by Crippen LogP contribution is 2.32. The summed E-state index contributed by atoms with van der Waals surface area (Å²) < 4.78 is 0. The normalized spacial score (nSPS) is 18.0. The first kappa shape index (κ1) is 13.8. The number of pyridine rings is 1. The molecular weight excluding hydrogens is 288 g/mol. The van der Waals surface area contributed by atoms with Gasteiger partial charge in [-0.15, -0.1) is 11.3 Å². The van der Waals surface area contributed by atoms with E-state index in [1.807, 2.05) is 19.1 Å². The number of amides is 2. The third-order valence-electron chi connectivity index (χ3n) is 3.53. The first-order chi connectivity index (χ1) is 10.0. The molecule has 110 valence electrons. The lowest BCUT2D eigenvalue weighted by atomic mass is 10.2. The number of hydrogen-bond acceptors (Lipinski definition) is 5. The Labute approximate surface area is 125 Å². The van der Waals surface area contributed by atoms with Crippen molar-refractivity contribution in [3.8, 4) is 0 Å². The first-order valence-corrected chi connectivity index (χ1v) is 7.59. The number of nitrogens with zero attached hydrogens (tertiary/aromatic N) is 1. The van der Waals surface area contributed by atoms with Gasteiger partial charge in [-0.05, 0) is 25.5 Å². The summed E-state index contributed by atoms with van der Waals surface area (Å²) in [5, 5.41) is 6.45. The SMILES string of the molecule is Cc1ccc2c(N)c(C(=O)NCC3CCC(=O)N3)sc2n1. The summed E-state index contributed by atoms with van der Waals surface area (Å²) in [6, 6.07) is 3.77. The van der Waals surface area contributed by atoms with E-state index in [2.05, 4.69) is 15.6 Å². The number of anilines is 1. The molecule has 2 aromatic heterocycles. The summed E-state index contributed by atoms with van der Waals surface area (Å²) >= 11 is 1.29. The fourth-order valence-electron chi connectivity index (χ4n) is 2.38. The van der Waals surface area contributed by atoms with Crippen LogP contribution in [0.5, 0.6) is 0 Å². The van der Waals surface area contributed by atoms with Crippen molar-refractivity contribution in [2.24, 2.45) is 0 Å². The molecule has 3 heterocycles. The zero-order chi connectivity index (χ0) is 15.0. The van der Waals surface area contributed by atoms with Crippen LogP contribution in [0.15, 0.2) is 12.1 Å². The van der Waals surface area contributed by atoms with Crippen LogP contribution >= 0.6 is 11.3 Å². The van der Waals surface area contributed by atoms with Crippen molar-refractivity contribution < 1.29 is 9.59 Å². The maximum atomic E-state index is 12.2. The van der Waals surface area contributed by atoms with Crippen molar-refractivity contribution in [2.45, 2.75) is 25.8 Å². The highest BCUT2D eigenvalue weighted by Gasteiger charge is 2.22. The summed E-state index contributed by atoms with van der Waals surface area (Å²) in [7, 11) is 0. The quantitative estimate of drug-likeness (QED) is 0.793. The molecule has 0 radical (unpaired) electrons. The van der Waals surface area contributed by atoms with E-state index in [0.29, 0.717) is 23.5 Å². The average Bonchev–Trinajstić information content (AvgIpc) is 3.00. The Kier molecular flexibility index (Phi) is 3.50. The molecule has 2 aromatic rings. The Bertz CT molecular complexity index is 725. The monoisotopic (exact) mass is 304 g/mol. The molecule has 21 heavy (non-hydrogen) atoms. The van der Waals surface area contributed by atoms with Crippen LogP contribution in [0.1, 0.15) is 28.2 Å². The van der Waals surface area contributed by atoms with Gasteiger partial charge in [-0.3, -0.25) is 9.59 Å². The maximum Gasteiger partial charge on any atom is 0.263 e. The highest BCUT2D eigenvalue weighted by atomic mass is 32.1. The molecule has 1 saturated heterocycles. The van der Waals surface area contributed by atoms with Crippen LogP contribution in [0.3, 0.4) is 0 Å². The Morgan fingerprint density at radius 3 is 3.10 bits per heavy atom. The summed E-state index contributed by atoms with van der Waals surface area (Å²) in [4.78, 5) is 29.0. The van der Waals surface area contributed by atoms with Crippen molar-refractivity contribution in [1.82, 2.24) is 15.6 Å². The van der Waals surface area contributed by atoms with E-state index in [-0.39, 0.29) is 17.9 Å². The molecule has 1 aliphatic heterocycles. The molecule has 0 spiro atoms. The minimum absolute atomic E-state index is 0.0115. The van der Waals surface area contributed by atoms with Gasteiger partial charge in [0.2, 0.25) is 5.91 Å². The number of nitrogens with two attached hydrogens (primary N) is 1. The molecule has 1 unspecified atom stereocenters. The molecule has 1 atom stereocenters. The van der Waals surface area contributed by atoms with E-state index in [0.717, 1.165) is 22.3 Å². The van der Waals surface area contributed by atoms with Crippen molar-refractivity contribution in [2.75, 3.05) is 12.3 Å². The fraction of sp³-hybridized carbons (Fsp3) is 0.357. The predicted molar refractivity (Wildman–Crippen MR) is 82.3 cm³/mol. The minimum atomic E-state index is -0.214. The van der Waals surface area contributed by atoms with Gasteiger partial charge in [0, 0.05) is 30.1 Å². The molecule has 4 N–H and O–H groups in total. The molecule has 0 bridgehead atoms. The second-order valence-corrected chi connectivity index (χ2v) is 6.16. The molecular formula is C14H16N4O2S. The Hall–Kier alpha value is -2.15. The van der Waals surface area contributed by atoms with Crippen molar-refractivity contribution in [3.63, 3.8) is 0 Å². The van der Waals surface area contributed by atoms with E-state index in [4.69, 9.17) is 5.73 Å². The van der Waals surface area contributed by atoms with Gasteiger partial charge >= 0.3 is 0 Å². The number of nitrogens with one attached hydrogen (secondary N) is 2. The van der Waals surface area contributed by atoms with Gasteiger partial charge in [0.1, 0.15) is 9.71 Å². The van der Waals surface area contributed by atoms with Gasteiger partial charge in [-0.2, -0.15) is 0 Å². The molecule has 1 aliphatic rings. The van der Waals surface area contributed by atoms with Crippen LogP contribution in [0, 0.1) is 6.92 Å².